The lowest BCUT2D eigenvalue weighted by molar-refractivity contribution is -0.133. The van der Waals surface area contributed by atoms with Crippen LogP contribution in [-0.2, 0) is 8.98 Å². The van der Waals surface area contributed by atoms with E-state index in [9.17, 15) is 4.79 Å². The van der Waals surface area contributed by atoms with Crippen LogP contribution in [0.1, 0.15) is 82.1 Å². The average molecular weight is 567 g/mol. The van der Waals surface area contributed by atoms with Crippen molar-refractivity contribution >= 4 is 16.3 Å². The maximum absolute atomic E-state index is 13.5. The minimum absolute atomic E-state index is 0.274. The monoisotopic (exact) mass is 566 g/mol. The second kappa shape index (κ2) is 12.2. The summed E-state index contributed by atoms with van der Waals surface area (Å²) in [5.41, 5.74) is -1.56. The van der Waals surface area contributed by atoms with Gasteiger partial charge in [0.25, 0.3) is 0 Å². The highest BCUT2D eigenvalue weighted by molar-refractivity contribution is 8.30. The van der Waals surface area contributed by atoms with Crippen molar-refractivity contribution in [3.05, 3.63) is 72.8 Å². The lowest BCUT2D eigenvalue weighted by atomic mass is 10.1. The number of carbonyl (C=O) groups excluding carboxylic acids is 1. The van der Waals surface area contributed by atoms with Crippen molar-refractivity contribution in [1.29, 1.82) is 0 Å². The maximum atomic E-state index is 13.5. The normalized spacial score (nSPS) is 12.9. The van der Waals surface area contributed by atoms with Gasteiger partial charge >= 0.3 is 5.97 Å². The molecule has 0 spiro atoms. The number of benzene rings is 3. The lowest BCUT2D eigenvalue weighted by Crippen LogP contribution is -2.28. The third kappa shape index (κ3) is 8.20. The van der Waals surface area contributed by atoms with Gasteiger partial charge in [-0.3, -0.25) is 4.79 Å². The van der Waals surface area contributed by atoms with Gasteiger partial charge in [0.15, 0.2) is 0 Å². The molecule has 3 rings (SSSR count). The highest BCUT2D eigenvalue weighted by Crippen LogP contribution is 2.74. The summed E-state index contributed by atoms with van der Waals surface area (Å²) in [5.74, 6) is 1.45. The molecular formula is C34H46O5S. The van der Waals surface area contributed by atoms with Crippen molar-refractivity contribution in [1.82, 2.24) is 0 Å². The Balaban J connectivity index is 2.56. The lowest BCUT2D eigenvalue weighted by Gasteiger charge is -2.42. The minimum atomic E-state index is -2.68. The van der Waals surface area contributed by atoms with Crippen LogP contribution in [0.5, 0.6) is 17.2 Å². The van der Waals surface area contributed by atoms with Crippen LogP contribution >= 0.6 is 10.3 Å². The first-order valence-electron chi connectivity index (χ1n) is 13.9. The second-order valence-electron chi connectivity index (χ2n) is 12.8. The Morgan fingerprint density at radius 3 is 1.40 bits per heavy atom. The van der Waals surface area contributed by atoms with E-state index in [1.807, 2.05) is 142 Å². The molecule has 0 fully saturated rings. The summed E-state index contributed by atoms with van der Waals surface area (Å²) in [6, 6.07) is 23.7. The topological polar surface area (TPSA) is 54.0 Å². The third-order valence-corrected chi connectivity index (χ3v) is 8.65. The van der Waals surface area contributed by atoms with Crippen LogP contribution in [0.2, 0.25) is 0 Å². The molecule has 0 aliphatic carbocycles. The maximum Gasteiger partial charge on any atom is 0.317 e. The number of hydrogen-bond acceptors (Lipinski definition) is 5. The molecule has 40 heavy (non-hydrogen) atoms. The molecule has 0 aliphatic rings. The van der Waals surface area contributed by atoms with Gasteiger partial charge in [-0.2, -0.15) is 0 Å². The molecule has 0 N–H and O–H groups in total. The van der Waals surface area contributed by atoms with Crippen LogP contribution in [0.15, 0.2) is 87.5 Å². The Morgan fingerprint density at radius 1 is 0.650 bits per heavy atom. The first-order valence-corrected chi connectivity index (χ1v) is 15.5. The highest BCUT2D eigenvalue weighted by Gasteiger charge is 2.42. The van der Waals surface area contributed by atoms with E-state index in [4.69, 9.17) is 18.4 Å². The van der Waals surface area contributed by atoms with Crippen molar-refractivity contribution < 1.29 is 23.2 Å². The van der Waals surface area contributed by atoms with Crippen LogP contribution in [0, 0.1) is 0 Å². The third-order valence-electron chi connectivity index (χ3n) is 5.36. The molecule has 0 atom stereocenters. The Hall–Kier alpha value is -3.12. The van der Waals surface area contributed by atoms with Crippen molar-refractivity contribution in [2.24, 2.45) is 0 Å². The fraction of sp³-hybridized carbons (Fsp3) is 0.441. The van der Waals surface area contributed by atoms with Gasteiger partial charge in [0.1, 0.15) is 38.9 Å². The average Bonchev–Trinajstić information content (AvgIpc) is 2.81. The molecule has 0 aromatic heterocycles. The molecule has 0 radical (unpaired) electrons. The van der Waals surface area contributed by atoms with Crippen LogP contribution in [0.4, 0.5) is 0 Å². The zero-order chi connectivity index (χ0) is 29.8. The summed E-state index contributed by atoms with van der Waals surface area (Å²) in [4.78, 5) is 15.9. The van der Waals surface area contributed by atoms with Crippen LogP contribution in [-0.4, -0.2) is 22.8 Å². The zero-order valence-corrected chi connectivity index (χ0v) is 26.6. The van der Waals surface area contributed by atoms with E-state index in [1.165, 1.54) is 0 Å². The molecule has 0 heterocycles. The number of ether oxygens (including phenoxy) is 3. The van der Waals surface area contributed by atoms with Gasteiger partial charge in [0.05, 0.1) is 0 Å². The fourth-order valence-electron chi connectivity index (χ4n) is 4.18. The number of rotatable bonds is 9. The van der Waals surface area contributed by atoms with Gasteiger partial charge in [-0.25, -0.2) is 0 Å². The molecule has 0 aliphatic heterocycles. The fourth-order valence-corrected chi connectivity index (χ4v) is 7.41. The van der Waals surface area contributed by atoms with E-state index in [1.54, 1.807) is 0 Å². The summed E-state index contributed by atoms with van der Waals surface area (Å²) in [7, 11) is -2.68. The summed E-state index contributed by atoms with van der Waals surface area (Å²) in [6.45, 7) is 20.0. The van der Waals surface area contributed by atoms with Crippen molar-refractivity contribution in [2.45, 2.75) is 114 Å². The zero-order valence-electron chi connectivity index (χ0n) is 25.8. The molecule has 3 aromatic rings. The van der Waals surface area contributed by atoms with E-state index >= 15 is 0 Å². The Bertz CT molecular complexity index is 1190. The van der Waals surface area contributed by atoms with Gasteiger partial charge in [-0.05, 0) is 93.0 Å². The summed E-state index contributed by atoms with van der Waals surface area (Å²) >= 11 is 0. The predicted octanol–water partition coefficient (Wildman–Crippen LogP) is 9.76. The SMILES string of the molecule is CCCC(=O)OS(c1ccccc1)(c1ccccc1)c1c(OC(C)(C)C)cc(OC(C)(C)C)cc1OC(C)(C)C. The minimum Gasteiger partial charge on any atom is -0.488 e. The number of hydrogen-bond donors (Lipinski definition) is 0. The van der Waals surface area contributed by atoms with Gasteiger partial charge in [0.2, 0.25) is 0 Å². The van der Waals surface area contributed by atoms with Crippen molar-refractivity contribution in [3.63, 3.8) is 0 Å². The first kappa shape index (κ1) is 31.4. The summed E-state index contributed by atoms with van der Waals surface area (Å²) < 4.78 is 26.5. The van der Waals surface area contributed by atoms with Gasteiger partial charge in [-0.1, -0.05) is 43.3 Å². The smallest absolute Gasteiger partial charge is 0.317 e. The second-order valence-corrected chi connectivity index (χ2v) is 15.4. The highest BCUT2D eigenvalue weighted by atomic mass is 32.3. The largest absolute Gasteiger partial charge is 0.488 e. The van der Waals surface area contributed by atoms with Crippen LogP contribution in [0.25, 0.3) is 0 Å². The van der Waals surface area contributed by atoms with Crippen molar-refractivity contribution in [3.8, 4) is 17.2 Å². The molecule has 5 nitrogen and oxygen atoms in total. The molecule has 218 valence electrons. The molecule has 6 heteroatoms. The first-order chi connectivity index (χ1) is 18.5. The molecule has 0 saturated heterocycles. The van der Waals surface area contributed by atoms with E-state index in [2.05, 4.69) is 0 Å². The summed E-state index contributed by atoms with van der Waals surface area (Å²) in [5, 5.41) is 0. The van der Waals surface area contributed by atoms with E-state index in [0.29, 0.717) is 35.0 Å². The standard InChI is InChI=1S/C34H46O5S/c1-11-18-30(35)39-40(26-19-14-12-15-20-26,27-21-16-13-17-22-27)31-28(37-33(5,6)7)23-25(36-32(2,3)4)24-29(31)38-34(8,9)10/h12-17,19-24H,11,18H2,1-10H3. The van der Waals surface area contributed by atoms with Crippen LogP contribution in [0.3, 0.4) is 0 Å². The predicted molar refractivity (Wildman–Crippen MR) is 164 cm³/mol. The van der Waals surface area contributed by atoms with Crippen LogP contribution < -0.4 is 14.2 Å². The van der Waals surface area contributed by atoms with Gasteiger partial charge in [0, 0.05) is 38.7 Å². The Morgan fingerprint density at radius 2 is 1.05 bits per heavy atom. The van der Waals surface area contributed by atoms with E-state index in [0.717, 1.165) is 9.79 Å². The molecule has 3 aromatic carbocycles. The van der Waals surface area contributed by atoms with Gasteiger partial charge < -0.3 is 18.4 Å². The van der Waals surface area contributed by atoms with E-state index < -0.39 is 27.1 Å². The number of carbonyl (C=O) groups is 1. The Labute approximate surface area is 242 Å². The summed E-state index contributed by atoms with van der Waals surface area (Å²) in [6.07, 6.45) is 0.970. The van der Waals surface area contributed by atoms with Gasteiger partial charge in [-0.15, -0.1) is 0 Å². The molecule has 0 saturated carbocycles. The molecule has 0 unspecified atom stereocenters. The van der Waals surface area contributed by atoms with Crippen molar-refractivity contribution in [2.75, 3.05) is 0 Å². The quantitative estimate of drug-likeness (QED) is 0.258. The molecule has 0 bridgehead atoms. The Kier molecular flexibility index (Phi) is 9.56. The molecule has 0 amide bonds. The molecular weight excluding hydrogens is 520 g/mol. The van der Waals surface area contributed by atoms with E-state index in [-0.39, 0.29) is 5.97 Å².